The van der Waals surface area contributed by atoms with E-state index in [1.165, 1.54) is 5.56 Å². The van der Waals surface area contributed by atoms with E-state index in [9.17, 15) is 0 Å². The number of nitriles is 1. The number of hydrogen-bond acceptors (Lipinski definition) is 2. The van der Waals surface area contributed by atoms with Gasteiger partial charge in [-0.1, -0.05) is 48.0 Å². The van der Waals surface area contributed by atoms with Crippen LogP contribution in [0.3, 0.4) is 0 Å². The molecular formula is C20H17N3. The second-order valence-corrected chi connectivity index (χ2v) is 5.51. The van der Waals surface area contributed by atoms with E-state index in [-0.39, 0.29) is 0 Å². The Morgan fingerprint density at radius 3 is 2.43 bits per heavy atom. The fourth-order valence-corrected chi connectivity index (χ4v) is 2.42. The van der Waals surface area contributed by atoms with Crippen molar-refractivity contribution in [2.24, 2.45) is 0 Å². The number of aromatic nitrogens is 2. The van der Waals surface area contributed by atoms with Crippen LogP contribution in [0.25, 0.3) is 23.0 Å². The molecule has 0 aliphatic rings. The Bertz CT molecular complexity index is 879. The maximum Gasteiger partial charge on any atom is 0.0944 e. The first-order chi connectivity index (χ1) is 11.2. The molecule has 0 fully saturated rings. The second-order valence-electron chi connectivity index (χ2n) is 5.51. The molecule has 0 atom stereocenters. The van der Waals surface area contributed by atoms with Crippen molar-refractivity contribution < 1.29 is 0 Å². The summed E-state index contributed by atoms with van der Waals surface area (Å²) in [5, 5.41) is 13.6. The van der Waals surface area contributed by atoms with Crippen LogP contribution >= 0.6 is 0 Å². The molecule has 0 spiro atoms. The number of hydrogen-bond donors (Lipinski definition) is 0. The maximum absolute atomic E-state index is 8.98. The lowest BCUT2D eigenvalue weighted by atomic mass is 10.1. The normalized spacial score (nSPS) is 11.3. The molecule has 112 valence electrons. The summed E-state index contributed by atoms with van der Waals surface area (Å²) in [6, 6.07) is 22.5. The molecule has 0 saturated carbocycles. The van der Waals surface area contributed by atoms with Crippen molar-refractivity contribution in [1.29, 1.82) is 5.26 Å². The van der Waals surface area contributed by atoms with Crippen LogP contribution in [0, 0.1) is 18.3 Å². The summed E-state index contributed by atoms with van der Waals surface area (Å²) in [6.07, 6.45) is 1.80. The number of benzene rings is 2. The topological polar surface area (TPSA) is 41.6 Å². The van der Waals surface area contributed by atoms with Crippen LogP contribution in [0.1, 0.15) is 18.2 Å². The van der Waals surface area contributed by atoms with Crippen LogP contribution in [0.2, 0.25) is 0 Å². The molecule has 0 N–H and O–H groups in total. The van der Waals surface area contributed by atoms with Gasteiger partial charge in [-0.15, -0.1) is 0 Å². The monoisotopic (exact) mass is 299 g/mol. The molecule has 1 aromatic heterocycles. The molecule has 0 aliphatic heterocycles. The summed E-state index contributed by atoms with van der Waals surface area (Å²) in [6.45, 7) is 3.85. The van der Waals surface area contributed by atoms with E-state index in [2.05, 4.69) is 54.5 Å². The molecule has 3 aromatic rings. The van der Waals surface area contributed by atoms with Gasteiger partial charge in [-0.2, -0.15) is 10.4 Å². The first-order valence-corrected chi connectivity index (χ1v) is 7.48. The summed E-state index contributed by atoms with van der Waals surface area (Å²) in [5.41, 5.74) is 5.73. The second kappa shape index (κ2) is 6.33. The molecule has 3 nitrogen and oxygen atoms in total. The fraction of sp³-hybridized carbons (Fsp3) is 0.100. The van der Waals surface area contributed by atoms with Gasteiger partial charge >= 0.3 is 0 Å². The number of aryl methyl sites for hydroxylation is 1. The number of rotatable bonds is 3. The molecule has 1 heterocycles. The minimum Gasteiger partial charge on any atom is -0.233 e. The summed E-state index contributed by atoms with van der Waals surface area (Å²) in [5.74, 6) is 0. The van der Waals surface area contributed by atoms with Crippen LogP contribution in [0.4, 0.5) is 0 Å². The Kier molecular flexibility index (Phi) is 4.07. The molecule has 0 saturated heterocycles. The van der Waals surface area contributed by atoms with Gasteiger partial charge in [0, 0.05) is 11.1 Å². The SMILES string of the molecule is C/C(C#N)=C\c1cc(-c2ccccc2)n(-c2ccc(C)cc2)n1. The molecule has 0 bridgehead atoms. The molecule has 23 heavy (non-hydrogen) atoms. The Morgan fingerprint density at radius 1 is 1.09 bits per heavy atom. The lowest BCUT2D eigenvalue weighted by Gasteiger charge is -2.07. The maximum atomic E-state index is 8.98. The van der Waals surface area contributed by atoms with Gasteiger partial charge in [0.15, 0.2) is 0 Å². The molecular weight excluding hydrogens is 282 g/mol. The summed E-state index contributed by atoms with van der Waals surface area (Å²) >= 11 is 0. The van der Waals surface area contributed by atoms with E-state index in [4.69, 9.17) is 5.26 Å². The third-order valence-electron chi connectivity index (χ3n) is 3.62. The largest absolute Gasteiger partial charge is 0.233 e. The van der Waals surface area contributed by atoms with Crippen LogP contribution in [0.5, 0.6) is 0 Å². The van der Waals surface area contributed by atoms with E-state index in [0.29, 0.717) is 5.57 Å². The van der Waals surface area contributed by atoms with Crippen molar-refractivity contribution >= 4 is 6.08 Å². The highest BCUT2D eigenvalue weighted by molar-refractivity contribution is 5.66. The van der Waals surface area contributed by atoms with Gasteiger partial charge < -0.3 is 0 Å². The van der Waals surface area contributed by atoms with E-state index in [1.807, 2.05) is 28.9 Å². The third-order valence-corrected chi connectivity index (χ3v) is 3.62. The Hall–Kier alpha value is -3.12. The quantitative estimate of drug-likeness (QED) is 0.653. The van der Waals surface area contributed by atoms with E-state index < -0.39 is 0 Å². The van der Waals surface area contributed by atoms with Gasteiger partial charge in [-0.3, -0.25) is 0 Å². The Balaban J connectivity index is 2.17. The van der Waals surface area contributed by atoms with Gasteiger partial charge in [0.05, 0.1) is 23.1 Å². The molecule has 2 aromatic carbocycles. The first-order valence-electron chi connectivity index (χ1n) is 7.48. The van der Waals surface area contributed by atoms with Crippen LogP contribution in [0.15, 0.2) is 66.2 Å². The average molecular weight is 299 g/mol. The van der Waals surface area contributed by atoms with Crippen molar-refractivity contribution in [1.82, 2.24) is 9.78 Å². The van der Waals surface area contributed by atoms with Gasteiger partial charge in [-0.05, 0) is 38.1 Å². The number of allylic oxidation sites excluding steroid dienone is 1. The van der Waals surface area contributed by atoms with Gasteiger partial charge in [0.25, 0.3) is 0 Å². The van der Waals surface area contributed by atoms with Crippen LogP contribution in [-0.4, -0.2) is 9.78 Å². The zero-order valence-corrected chi connectivity index (χ0v) is 13.2. The molecule has 3 heteroatoms. The van der Waals surface area contributed by atoms with Crippen molar-refractivity contribution in [3.63, 3.8) is 0 Å². The van der Waals surface area contributed by atoms with E-state index >= 15 is 0 Å². The predicted molar refractivity (Wildman–Crippen MR) is 93.0 cm³/mol. The van der Waals surface area contributed by atoms with Crippen molar-refractivity contribution in [2.45, 2.75) is 13.8 Å². The van der Waals surface area contributed by atoms with E-state index in [1.54, 1.807) is 13.0 Å². The minimum atomic E-state index is 0.637. The minimum absolute atomic E-state index is 0.637. The molecule has 3 rings (SSSR count). The van der Waals surface area contributed by atoms with Gasteiger partial charge in [0.2, 0.25) is 0 Å². The smallest absolute Gasteiger partial charge is 0.0944 e. The zero-order chi connectivity index (χ0) is 16.2. The van der Waals surface area contributed by atoms with Crippen LogP contribution in [-0.2, 0) is 0 Å². The standard InChI is InChI=1S/C20H17N3/c1-15-8-10-19(11-9-15)23-20(17-6-4-3-5-7-17)13-18(22-23)12-16(2)14-21/h3-13H,1-2H3/b16-12+. The summed E-state index contributed by atoms with van der Waals surface area (Å²) in [7, 11) is 0. The van der Waals surface area contributed by atoms with Gasteiger partial charge in [0.1, 0.15) is 0 Å². The first kappa shape index (κ1) is 14.8. The van der Waals surface area contributed by atoms with Crippen molar-refractivity contribution in [3.05, 3.63) is 77.5 Å². The van der Waals surface area contributed by atoms with Crippen molar-refractivity contribution in [2.75, 3.05) is 0 Å². The molecule has 0 unspecified atom stereocenters. The highest BCUT2D eigenvalue weighted by atomic mass is 15.3. The number of nitrogens with zero attached hydrogens (tertiary/aromatic N) is 3. The molecule has 0 amide bonds. The Morgan fingerprint density at radius 2 is 1.78 bits per heavy atom. The summed E-state index contributed by atoms with van der Waals surface area (Å²) in [4.78, 5) is 0. The fourth-order valence-electron chi connectivity index (χ4n) is 2.42. The lowest BCUT2D eigenvalue weighted by molar-refractivity contribution is 0.882. The average Bonchev–Trinajstić information content (AvgIpc) is 3.00. The molecule has 0 aliphatic carbocycles. The third kappa shape index (κ3) is 3.22. The zero-order valence-electron chi connectivity index (χ0n) is 13.2. The molecule has 0 radical (unpaired) electrons. The highest BCUT2D eigenvalue weighted by Crippen LogP contribution is 2.25. The van der Waals surface area contributed by atoms with Crippen LogP contribution < -0.4 is 0 Å². The van der Waals surface area contributed by atoms with E-state index in [0.717, 1.165) is 22.6 Å². The Labute approximate surface area is 136 Å². The summed E-state index contributed by atoms with van der Waals surface area (Å²) < 4.78 is 1.92. The predicted octanol–water partition coefficient (Wildman–Crippen LogP) is 4.77. The van der Waals surface area contributed by atoms with Gasteiger partial charge in [-0.25, -0.2) is 4.68 Å². The van der Waals surface area contributed by atoms with Crippen molar-refractivity contribution in [3.8, 4) is 23.0 Å². The lowest BCUT2D eigenvalue weighted by Crippen LogP contribution is -1.99. The highest BCUT2D eigenvalue weighted by Gasteiger charge is 2.10.